The third kappa shape index (κ3) is 1.78. The fourth-order valence-corrected chi connectivity index (χ4v) is 2.48. The maximum Gasteiger partial charge on any atom is 0.136 e. The molecule has 0 saturated carbocycles. The number of pyridine rings is 1. The Morgan fingerprint density at radius 1 is 1.22 bits per heavy atom. The molecular formula is C14H17N3O. The van der Waals surface area contributed by atoms with Crippen LogP contribution in [-0.4, -0.2) is 31.3 Å². The van der Waals surface area contributed by atoms with Gasteiger partial charge in [0.25, 0.3) is 0 Å². The predicted octanol–water partition coefficient (Wildman–Crippen LogP) is 1.96. The van der Waals surface area contributed by atoms with E-state index in [9.17, 15) is 0 Å². The summed E-state index contributed by atoms with van der Waals surface area (Å²) in [6, 6.07) is 6.01. The van der Waals surface area contributed by atoms with E-state index in [0.29, 0.717) is 0 Å². The lowest BCUT2D eigenvalue weighted by molar-refractivity contribution is 0.122. The van der Waals surface area contributed by atoms with Crippen LogP contribution in [0, 0.1) is 6.92 Å². The Kier molecular flexibility index (Phi) is 2.80. The van der Waals surface area contributed by atoms with E-state index >= 15 is 0 Å². The second-order valence-electron chi connectivity index (χ2n) is 4.63. The summed E-state index contributed by atoms with van der Waals surface area (Å²) in [5, 5.41) is 2.26. The molecule has 0 radical (unpaired) electrons. The molecule has 0 amide bonds. The minimum Gasteiger partial charge on any atom is -0.398 e. The van der Waals surface area contributed by atoms with Crippen LogP contribution in [0.3, 0.4) is 0 Å². The van der Waals surface area contributed by atoms with Crippen LogP contribution >= 0.6 is 0 Å². The van der Waals surface area contributed by atoms with E-state index in [1.54, 1.807) is 0 Å². The van der Waals surface area contributed by atoms with Gasteiger partial charge in [-0.25, -0.2) is 4.98 Å². The first kappa shape index (κ1) is 11.3. The van der Waals surface area contributed by atoms with Crippen LogP contribution in [0.2, 0.25) is 0 Å². The fourth-order valence-electron chi connectivity index (χ4n) is 2.48. The van der Waals surface area contributed by atoms with E-state index < -0.39 is 0 Å². The first-order chi connectivity index (χ1) is 8.77. The summed E-state index contributed by atoms with van der Waals surface area (Å²) in [6.45, 7) is 5.41. The van der Waals surface area contributed by atoms with Gasteiger partial charge in [0, 0.05) is 35.7 Å². The van der Waals surface area contributed by atoms with Crippen molar-refractivity contribution in [2.24, 2.45) is 0 Å². The summed E-state index contributed by atoms with van der Waals surface area (Å²) in [7, 11) is 0. The number of ether oxygens (including phenoxy) is 1. The molecule has 0 unspecified atom stereocenters. The second-order valence-corrected chi connectivity index (χ2v) is 4.63. The molecule has 1 aliphatic rings. The van der Waals surface area contributed by atoms with Crippen molar-refractivity contribution in [2.45, 2.75) is 6.92 Å². The minimum atomic E-state index is 0.763. The summed E-state index contributed by atoms with van der Waals surface area (Å²) in [4.78, 5) is 6.82. The van der Waals surface area contributed by atoms with Gasteiger partial charge in [0.1, 0.15) is 5.82 Å². The summed E-state index contributed by atoms with van der Waals surface area (Å²) in [5.74, 6) is 1.03. The number of hydrogen-bond acceptors (Lipinski definition) is 4. The lowest BCUT2D eigenvalue weighted by Crippen LogP contribution is -2.36. The standard InChI is InChI=1S/C14H17N3O/c1-10-2-3-12(15)11-4-5-16-14(13(10)11)17-6-8-18-9-7-17/h2-5H,6-9,15H2,1H3. The number of fused-ring (bicyclic) bond motifs is 1. The summed E-state index contributed by atoms with van der Waals surface area (Å²) >= 11 is 0. The van der Waals surface area contributed by atoms with Crippen molar-refractivity contribution in [2.75, 3.05) is 36.9 Å². The molecule has 4 heteroatoms. The number of nitrogens with two attached hydrogens (primary N) is 1. The molecule has 2 aromatic rings. The number of rotatable bonds is 1. The number of anilines is 2. The Labute approximate surface area is 106 Å². The third-order valence-electron chi connectivity index (χ3n) is 3.46. The summed E-state index contributed by atoms with van der Waals surface area (Å²) in [5.41, 5.74) is 8.08. The molecule has 0 aliphatic carbocycles. The Morgan fingerprint density at radius 2 is 2.00 bits per heavy atom. The van der Waals surface area contributed by atoms with Gasteiger partial charge in [-0.05, 0) is 24.6 Å². The zero-order valence-electron chi connectivity index (χ0n) is 10.5. The molecule has 0 bridgehead atoms. The van der Waals surface area contributed by atoms with Crippen molar-refractivity contribution in [3.63, 3.8) is 0 Å². The van der Waals surface area contributed by atoms with Gasteiger partial charge in [-0.2, -0.15) is 0 Å². The van der Waals surface area contributed by atoms with Crippen LogP contribution in [-0.2, 0) is 4.74 Å². The van der Waals surface area contributed by atoms with Gasteiger partial charge in [0.15, 0.2) is 0 Å². The van der Waals surface area contributed by atoms with Crippen molar-refractivity contribution in [1.82, 2.24) is 4.98 Å². The van der Waals surface area contributed by atoms with Gasteiger partial charge in [-0.3, -0.25) is 0 Å². The monoisotopic (exact) mass is 243 g/mol. The molecule has 1 aromatic heterocycles. The molecule has 4 nitrogen and oxygen atoms in total. The zero-order chi connectivity index (χ0) is 12.5. The van der Waals surface area contributed by atoms with E-state index in [2.05, 4.69) is 22.9 Å². The third-order valence-corrected chi connectivity index (χ3v) is 3.46. The zero-order valence-corrected chi connectivity index (χ0v) is 10.5. The molecule has 2 heterocycles. The Hall–Kier alpha value is -1.81. The quantitative estimate of drug-likeness (QED) is 0.778. The topological polar surface area (TPSA) is 51.4 Å². The van der Waals surface area contributed by atoms with Crippen LogP contribution in [0.25, 0.3) is 10.8 Å². The second kappa shape index (κ2) is 4.46. The fraction of sp³-hybridized carbons (Fsp3) is 0.357. The predicted molar refractivity (Wildman–Crippen MR) is 73.9 cm³/mol. The maximum atomic E-state index is 6.05. The normalized spacial score (nSPS) is 16.2. The van der Waals surface area contributed by atoms with Crippen molar-refractivity contribution < 1.29 is 4.74 Å². The van der Waals surface area contributed by atoms with Gasteiger partial charge in [0.05, 0.1) is 13.2 Å². The van der Waals surface area contributed by atoms with E-state index in [1.807, 2.05) is 18.3 Å². The number of benzene rings is 1. The molecule has 0 spiro atoms. The largest absolute Gasteiger partial charge is 0.398 e. The highest BCUT2D eigenvalue weighted by molar-refractivity contribution is 6.01. The first-order valence-electron chi connectivity index (χ1n) is 6.24. The van der Waals surface area contributed by atoms with Crippen LogP contribution in [0.4, 0.5) is 11.5 Å². The SMILES string of the molecule is Cc1ccc(N)c2ccnc(N3CCOCC3)c12. The molecule has 94 valence electrons. The smallest absolute Gasteiger partial charge is 0.136 e. The number of morpholine rings is 1. The van der Waals surface area contributed by atoms with Crippen molar-refractivity contribution in [3.8, 4) is 0 Å². The van der Waals surface area contributed by atoms with Gasteiger partial charge in [0.2, 0.25) is 0 Å². The Balaban J connectivity index is 2.19. The van der Waals surface area contributed by atoms with Crippen molar-refractivity contribution >= 4 is 22.3 Å². The lowest BCUT2D eigenvalue weighted by atomic mass is 10.0. The minimum absolute atomic E-state index is 0.763. The van der Waals surface area contributed by atoms with Crippen molar-refractivity contribution in [1.29, 1.82) is 0 Å². The molecule has 1 fully saturated rings. The van der Waals surface area contributed by atoms with E-state index in [-0.39, 0.29) is 0 Å². The molecule has 18 heavy (non-hydrogen) atoms. The molecule has 0 atom stereocenters. The van der Waals surface area contributed by atoms with E-state index in [0.717, 1.165) is 43.2 Å². The Bertz CT molecular complexity index is 577. The highest BCUT2D eigenvalue weighted by Crippen LogP contribution is 2.31. The van der Waals surface area contributed by atoms with Gasteiger partial charge in [-0.1, -0.05) is 6.07 Å². The maximum absolute atomic E-state index is 6.05. The number of nitrogen functional groups attached to an aromatic ring is 1. The number of nitrogens with zero attached hydrogens (tertiary/aromatic N) is 2. The lowest BCUT2D eigenvalue weighted by Gasteiger charge is -2.29. The number of aryl methyl sites for hydroxylation is 1. The highest BCUT2D eigenvalue weighted by Gasteiger charge is 2.16. The molecule has 1 saturated heterocycles. The average Bonchev–Trinajstić information content (AvgIpc) is 2.43. The number of hydrogen-bond donors (Lipinski definition) is 1. The van der Waals surface area contributed by atoms with Gasteiger partial charge >= 0.3 is 0 Å². The molecular weight excluding hydrogens is 226 g/mol. The van der Waals surface area contributed by atoms with Crippen LogP contribution < -0.4 is 10.6 Å². The molecule has 3 rings (SSSR count). The van der Waals surface area contributed by atoms with Crippen molar-refractivity contribution in [3.05, 3.63) is 30.0 Å². The van der Waals surface area contributed by atoms with Crippen LogP contribution in [0.1, 0.15) is 5.56 Å². The van der Waals surface area contributed by atoms with Crippen LogP contribution in [0.5, 0.6) is 0 Å². The molecule has 1 aromatic carbocycles. The molecule has 1 aliphatic heterocycles. The van der Waals surface area contributed by atoms with Gasteiger partial charge < -0.3 is 15.4 Å². The molecule has 2 N–H and O–H groups in total. The van der Waals surface area contributed by atoms with Gasteiger partial charge in [-0.15, -0.1) is 0 Å². The summed E-state index contributed by atoms with van der Waals surface area (Å²) in [6.07, 6.45) is 1.84. The average molecular weight is 243 g/mol. The first-order valence-corrected chi connectivity index (χ1v) is 6.24. The van der Waals surface area contributed by atoms with E-state index in [1.165, 1.54) is 10.9 Å². The van der Waals surface area contributed by atoms with E-state index in [4.69, 9.17) is 10.5 Å². The Morgan fingerprint density at radius 3 is 2.78 bits per heavy atom. The highest BCUT2D eigenvalue weighted by atomic mass is 16.5. The number of aromatic nitrogens is 1. The summed E-state index contributed by atoms with van der Waals surface area (Å²) < 4.78 is 5.39. The van der Waals surface area contributed by atoms with Crippen LogP contribution in [0.15, 0.2) is 24.4 Å².